The van der Waals surface area contributed by atoms with Gasteiger partial charge >= 0.3 is 0 Å². The lowest BCUT2D eigenvalue weighted by atomic mass is 9.87. The monoisotopic (exact) mass is 422 g/mol. The fraction of sp³-hybridized carbons (Fsp3) is 0.733. The molecule has 0 aliphatic heterocycles. The van der Waals surface area contributed by atoms with E-state index in [1.165, 1.54) is 30.6 Å². The van der Waals surface area contributed by atoms with Crippen molar-refractivity contribution in [2.75, 3.05) is 7.05 Å². The Morgan fingerprint density at radius 2 is 1.95 bits per heavy atom. The van der Waals surface area contributed by atoms with Crippen molar-refractivity contribution >= 4 is 41.3 Å². The standard InChI is InChI=1S/C15H26N4S.HI/c1-10-5-7-13(8-6-10)19-15(16-4)17-9-14-11(2)18-12(3)20-14;/h10,13H,5-9H2,1-4H3,(H2,16,17,19);1H. The first-order valence-electron chi connectivity index (χ1n) is 7.48. The van der Waals surface area contributed by atoms with E-state index < -0.39 is 0 Å². The molecule has 1 aliphatic rings. The molecular formula is C15H27IN4S. The topological polar surface area (TPSA) is 49.3 Å². The molecule has 0 aromatic carbocycles. The molecule has 1 aromatic heterocycles. The van der Waals surface area contributed by atoms with E-state index in [0.29, 0.717) is 6.04 Å². The number of rotatable bonds is 3. The molecule has 1 heterocycles. The fourth-order valence-electron chi connectivity index (χ4n) is 2.69. The number of nitrogens with one attached hydrogen (secondary N) is 2. The zero-order valence-electron chi connectivity index (χ0n) is 13.4. The van der Waals surface area contributed by atoms with Gasteiger partial charge in [0.25, 0.3) is 0 Å². The summed E-state index contributed by atoms with van der Waals surface area (Å²) in [4.78, 5) is 10.1. The maximum atomic E-state index is 4.46. The summed E-state index contributed by atoms with van der Waals surface area (Å²) in [6.45, 7) is 7.27. The Kier molecular flexibility index (Phi) is 7.94. The smallest absolute Gasteiger partial charge is 0.191 e. The van der Waals surface area contributed by atoms with Crippen molar-refractivity contribution in [3.8, 4) is 0 Å². The molecule has 0 spiro atoms. The largest absolute Gasteiger partial charge is 0.354 e. The number of aromatic nitrogens is 1. The maximum absolute atomic E-state index is 4.46. The van der Waals surface area contributed by atoms with Gasteiger partial charge in [0.15, 0.2) is 5.96 Å². The lowest BCUT2D eigenvalue weighted by molar-refractivity contribution is 0.329. The third-order valence-corrected chi connectivity index (χ3v) is 5.07. The quantitative estimate of drug-likeness (QED) is 0.445. The van der Waals surface area contributed by atoms with Crippen LogP contribution in [0.25, 0.3) is 0 Å². The van der Waals surface area contributed by atoms with Crippen molar-refractivity contribution in [2.45, 2.75) is 59.0 Å². The van der Waals surface area contributed by atoms with Crippen molar-refractivity contribution in [1.82, 2.24) is 15.6 Å². The number of nitrogens with zero attached hydrogens (tertiary/aromatic N) is 2. The molecule has 6 heteroatoms. The van der Waals surface area contributed by atoms with E-state index in [9.17, 15) is 0 Å². The predicted octanol–water partition coefficient (Wildman–Crippen LogP) is 3.62. The number of aryl methyl sites for hydroxylation is 2. The third kappa shape index (κ3) is 5.73. The van der Waals surface area contributed by atoms with Gasteiger partial charge in [-0.3, -0.25) is 4.99 Å². The van der Waals surface area contributed by atoms with E-state index in [1.54, 1.807) is 11.3 Å². The zero-order valence-corrected chi connectivity index (χ0v) is 16.5. The van der Waals surface area contributed by atoms with Gasteiger partial charge in [0, 0.05) is 18.0 Å². The molecule has 1 aromatic rings. The van der Waals surface area contributed by atoms with Crippen LogP contribution in [0.3, 0.4) is 0 Å². The van der Waals surface area contributed by atoms with Gasteiger partial charge < -0.3 is 10.6 Å². The molecule has 1 aliphatic carbocycles. The highest BCUT2D eigenvalue weighted by atomic mass is 127. The van der Waals surface area contributed by atoms with Gasteiger partial charge in [-0.15, -0.1) is 35.3 Å². The van der Waals surface area contributed by atoms with E-state index in [-0.39, 0.29) is 24.0 Å². The van der Waals surface area contributed by atoms with Gasteiger partial charge in [0.1, 0.15) is 0 Å². The van der Waals surface area contributed by atoms with Crippen LogP contribution in [0.2, 0.25) is 0 Å². The molecule has 0 amide bonds. The summed E-state index contributed by atoms with van der Waals surface area (Å²) in [5.41, 5.74) is 1.13. The highest BCUT2D eigenvalue weighted by molar-refractivity contribution is 14.0. The molecular weight excluding hydrogens is 395 g/mol. The SMILES string of the molecule is CN=C(NCc1sc(C)nc1C)NC1CCC(C)CC1.I. The van der Waals surface area contributed by atoms with Crippen LogP contribution in [0.4, 0.5) is 0 Å². The average molecular weight is 422 g/mol. The van der Waals surface area contributed by atoms with E-state index >= 15 is 0 Å². The van der Waals surface area contributed by atoms with Crippen LogP contribution >= 0.6 is 35.3 Å². The van der Waals surface area contributed by atoms with Crippen molar-refractivity contribution in [2.24, 2.45) is 10.9 Å². The first kappa shape index (κ1) is 18.7. The molecule has 21 heavy (non-hydrogen) atoms. The van der Waals surface area contributed by atoms with Crippen LogP contribution in [0.15, 0.2) is 4.99 Å². The van der Waals surface area contributed by atoms with Crippen molar-refractivity contribution in [3.63, 3.8) is 0 Å². The highest BCUT2D eigenvalue weighted by Gasteiger charge is 2.18. The van der Waals surface area contributed by atoms with Gasteiger partial charge in [-0.25, -0.2) is 4.98 Å². The van der Waals surface area contributed by atoms with Crippen LogP contribution in [-0.2, 0) is 6.54 Å². The van der Waals surface area contributed by atoms with Crippen LogP contribution in [0, 0.1) is 19.8 Å². The number of thiazole rings is 1. The second-order valence-corrected chi connectivity index (χ2v) is 7.06. The summed E-state index contributed by atoms with van der Waals surface area (Å²) in [6, 6.07) is 0.571. The minimum Gasteiger partial charge on any atom is -0.354 e. The Morgan fingerprint density at radius 3 is 2.48 bits per heavy atom. The summed E-state index contributed by atoms with van der Waals surface area (Å²) in [7, 11) is 1.84. The molecule has 2 N–H and O–H groups in total. The second kappa shape index (κ2) is 8.92. The molecule has 1 fully saturated rings. The van der Waals surface area contributed by atoms with Gasteiger partial charge in [0.05, 0.1) is 17.2 Å². The molecule has 1 saturated carbocycles. The number of hydrogen-bond acceptors (Lipinski definition) is 3. The van der Waals surface area contributed by atoms with Crippen LogP contribution in [0.5, 0.6) is 0 Å². The number of hydrogen-bond donors (Lipinski definition) is 2. The first-order chi connectivity index (χ1) is 9.58. The van der Waals surface area contributed by atoms with Crippen molar-refractivity contribution in [3.05, 3.63) is 15.6 Å². The van der Waals surface area contributed by atoms with E-state index in [1.807, 2.05) is 7.05 Å². The summed E-state index contributed by atoms with van der Waals surface area (Å²) in [6.07, 6.45) is 5.14. The lowest BCUT2D eigenvalue weighted by Crippen LogP contribution is -2.44. The Morgan fingerprint density at radius 1 is 1.29 bits per heavy atom. The van der Waals surface area contributed by atoms with Gasteiger partial charge in [-0.2, -0.15) is 0 Å². The highest BCUT2D eigenvalue weighted by Crippen LogP contribution is 2.23. The summed E-state index contributed by atoms with van der Waals surface area (Å²) < 4.78 is 0. The van der Waals surface area contributed by atoms with E-state index in [2.05, 4.69) is 41.4 Å². The molecule has 0 bridgehead atoms. The van der Waals surface area contributed by atoms with E-state index in [0.717, 1.165) is 29.1 Å². The number of aliphatic imine (C=N–C) groups is 1. The van der Waals surface area contributed by atoms with E-state index in [4.69, 9.17) is 0 Å². The summed E-state index contributed by atoms with van der Waals surface area (Å²) >= 11 is 1.76. The lowest BCUT2D eigenvalue weighted by Gasteiger charge is -2.28. The number of halogens is 1. The predicted molar refractivity (Wildman–Crippen MR) is 102 cm³/mol. The summed E-state index contributed by atoms with van der Waals surface area (Å²) in [5, 5.41) is 8.08. The maximum Gasteiger partial charge on any atom is 0.191 e. The molecule has 0 saturated heterocycles. The van der Waals surface area contributed by atoms with Crippen molar-refractivity contribution in [1.29, 1.82) is 0 Å². The first-order valence-corrected chi connectivity index (χ1v) is 8.30. The Balaban J connectivity index is 0.00000220. The second-order valence-electron chi connectivity index (χ2n) is 5.77. The fourth-order valence-corrected chi connectivity index (χ4v) is 3.57. The minimum atomic E-state index is 0. The van der Waals surface area contributed by atoms with Crippen molar-refractivity contribution < 1.29 is 0 Å². The zero-order chi connectivity index (χ0) is 14.5. The van der Waals surface area contributed by atoms with Gasteiger partial charge in [-0.05, 0) is 45.4 Å². The normalized spacial score (nSPS) is 22.6. The molecule has 2 rings (SSSR count). The van der Waals surface area contributed by atoms with Gasteiger partial charge in [-0.1, -0.05) is 6.92 Å². The van der Waals surface area contributed by atoms with Gasteiger partial charge in [0.2, 0.25) is 0 Å². The Bertz CT molecular complexity index is 464. The molecule has 4 nitrogen and oxygen atoms in total. The minimum absolute atomic E-state index is 0. The average Bonchev–Trinajstić information content (AvgIpc) is 2.75. The molecule has 0 radical (unpaired) electrons. The summed E-state index contributed by atoms with van der Waals surface area (Å²) in [5.74, 6) is 1.79. The Hall–Kier alpha value is -0.370. The molecule has 0 atom stereocenters. The third-order valence-electron chi connectivity index (χ3n) is 4.00. The van der Waals surface area contributed by atoms with Crippen LogP contribution in [-0.4, -0.2) is 24.0 Å². The molecule has 120 valence electrons. The Labute approximate surface area is 149 Å². The molecule has 0 unspecified atom stereocenters. The van der Waals surface area contributed by atoms with Crippen LogP contribution < -0.4 is 10.6 Å². The number of guanidine groups is 1. The van der Waals surface area contributed by atoms with Crippen LogP contribution in [0.1, 0.15) is 48.2 Å².